The van der Waals surface area contributed by atoms with Crippen molar-refractivity contribution < 1.29 is 8.42 Å². The standard InChI is InChI=1S/C12H15N5O2S/c18-20(19,12-8-13-5-6-14-12)9-11-16-15-10-4-2-1-3-7-17(10)11/h5-6,8H,1-4,7,9H2. The Hall–Kier alpha value is -1.83. The van der Waals surface area contributed by atoms with Crippen LogP contribution in [0.1, 0.15) is 30.9 Å². The largest absolute Gasteiger partial charge is 0.314 e. The van der Waals surface area contributed by atoms with Gasteiger partial charge in [0, 0.05) is 25.4 Å². The van der Waals surface area contributed by atoms with Crippen LogP contribution in [0, 0.1) is 0 Å². The first-order chi connectivity index (χ1) is 9.67. The third kappa shape index (κ3) is 2.55. The van der Waals surface area contributed by atoms with Crippen molar-refractivity contribution in [3.63, 3.8) is 0 Å². The normalized spacial score (nSPS) is 15.6. The molecule has 0 saturated heterocycles. The monoisotopic (exact) mass is 293 g/mol. The molecule has 2 aromatic heterocycles. The molecular formula is C12H15N5O2S. The Balaban J connectivity index is 1.90. The van der Waals surface area contributed by atoms with Crippen LogP contribution in [0.25, 0.3) is 0 Å². The van der Waals surface area contributed by atoms with Crippen LogP contribution in [0.2, 0.25) is 0 Å². The second-order valence-electron chi connectivity index (χ2n) is 4.80. The minimum Gasteiger partial charge on any atom is -0.314 e. The van der Waals surface area contributed by atoms with Crippen LogP contribution in [0.4, 0.5) is 0 Å². The number of aromatic nitrogens is 5. The Kier molecular flexibility index (Phi) is 3.47. The van der Waals surface area contributed by atoms with Crippen molar-refractivity contribution in [2.45, 2.75) is 43.0 Å². The number of nitrogens with zero attached hydrogens (tertiary/aromatic N) is 5. The van der Waals surface area contributed by atoms with Gasteiger partial charge in [0.1, 0.15) is 17.4 Å². The Bertz CT molecular complexity index is 696. The summed E-state index contributed by atoms with van der Waals surface area (Å²) >= 11 is 0. The van der Waals surface area contributed by atoms with Gasteiger partial charge in [0.05, 0.1) is 6.20 Å². The van der Waals surface area contributed by atoms with Crippen LogP contribution in [-0.4, -0.2) is 33.2 Å². The molecule has 3 heterocycles. The summed E-state index contributed by atoms with van der Waals surface area (Å²) in [6.07, 6.45) is 8.19. The SMILES string of the molecule is O=S(=O)(Cc1nnc2n1CCCCC2)c1cnccn1. The van der Waals surface area contributed by atoms with Crippen molar-refractivity contribution in [2.24, 2.45) is 0 Å². The van der Waals surface area contributed by atoms with E-state index >= 15 is 0 Å². The van der Waals surface area contributed by atoms with E-state index in [1.165, 1.54) is 18.6 Å². The van der Waals surface area contributed by atoms with Gasteiger partial charge in [0.15, 0.2) is 5.03 Å². The van der Waals surface area contributed by atoms with Gasteiger partial charge in [0.2, 0.25) is 9.84 Å². The van der Waals surface area contributed by atoms with Crippen LogP contribution in [0.15, 0.2) is 23.6 Å². The second kappa shape index (κ2) is 5.28. The number of hydrogen-bond donors (Lipinski definition) is 0. The highest BCUT2D eigenvalue weighted by molar-refractivity contribution is 7.90. The van der Waals surface area contributed by atoms with E-state index in [1.54, 1.807) is 0 Å². The molecule has 0 saturated carbocycles. The maximum absolute atomic E-state index is 12.3. The molecule has 0 aliphatic carbocycles. The summed E-state index contributed by atoms with van der Waals surface area (Å²) in [5, 5.41) is 8.12. The zero-order chi connectivity index (χ0) is 14.0. The first kappa shape index (κ1) is 13.2. The first-order valence-corrected chi connectivity index (χ1v) is 8.22. The van der Waals surface area contributed by atoms with Gasteiger partial charge in [0.25, 0.3) is 0 Å². The third-order valence-electron chi connectivity index (χ3n) is 3.36. The predicted molar refractivity (Wildman–Crippen MR) is 70.5 cm³/mol. The molecule has 106 valence electrons. The van der Waals surface area contributed by atoms with Crippen LogP contribution in [0.3, 0.4) is 0 Å². The molecule has 0 unspecified atom stereocenters. The van der Waals surface area contributed by atoms with Crippen LogP contribution in [0.5, 0.6) is 0 Å². The van der Waals surface area contributed by atoms with Crippen LogP contribution < -0.4 is 0 Å². The fraction of sp³-hybridized carbons (Fsp3) is 0.500. The molecule has 0 radical (unpaired) electrons. The van der Waals surface area contributed by atoms with Crippen molar-refractivity contribution in [1.82, 2.24) is 24.7 Å². The average Bonchev–Trinajstić information content (AvgIpc) is 2.68. The topological polar surface area (TPSA) is 90.6 Å². The summed E-state index contributed by atoms with van der Waals surface area (Å²) in [5.41, 5.74) is 0. The van der Waals surface area contributed by atoms with E-state index in [-0.39, 0.29) is 10.8 Å². The summed E-state index contributed by atoms with van der Waals surface area (Å²) in [4.78, 5) is 7.65. The molecular weight excluding hydrogens is 278 g/mol. The van der Waals surface area contributed by atoms with Gasteiger partial charge in [-0.2, -0.15) is 0 Å². The molecule has 7 nitrogen and oxygen atoms in total. The molecule has 0 N–H and O–H groups in total. The maximum Gasteiger partial charge on any atom is 0.204 e. The third-order valence-corrected chi connectivity index (χ3v) is 4.85. The van der Waals surface area contributed by atoms with E-state index < -0.39 is 9.84 Å². The number of fused-ring (bicyclic) bond motifs is 1. The number of rotatable bonds is 3. The average molecular weight is 293 g/mol. The highest BCUT2D eigenvalue weighted by Crippen LogP contribution is 2.18. The zero-order valence-electron chi connectivity index (χ0n) is 10.9. The minimum absolute atomic E-state index is 0.0222. The number of hydrogen-bond acceptors (Lipinski definition) is 6. The van der Waals surface area contributed by atoms with Gasteiger partial charge in [-0.25, -0.2) is 13.4 Å². The minimum atomic E-state index is -3.53. The Morgan fingerprint density at radius 3 is 2.85 bits per heavy atom. The maximum atomic E-state index is 12.3. The van der Waals surface area contributed by atoms with E-state index in [2.05, 4.69) is 20.2 Å². The van der Waals surface area contributed by atoms with Crippen molar-refractivity contribution in [2.75, 3.05) is 0 Å². The molecule has 2 aromatic rings. The van der Waals surface area contributed by atoms with Crippen LogP contribution >= 0.6 is 0 Å². The summed E-state index contributed by atoms with van der Waals surface area (Å²) < 4.78 is 26.5. The van der Waals surface area contributed by atoms with Gasteiger partial charge < -0.3 is 4.57 Å². The van der Waals surface area contributed by atoms with Crippen molar-refractivity contribution in [1.29, 1.82) is 0 Å². The van der Waals surface area contributed by atoms with E-state index in [1.807, 2.05) is 4.57 Å². The number of aryl methyl sites for hydroxylation is 1. The van der Waals surface area contributed by atoms with Gasteiger partial charge >= 0.3 is 0 Å². The molecule has 8 heteroatoms. The molecule has 1 aliphatic heterocycles. The van der Waals surface area contributed by atoms with Gasteiger partial charge in [-0.1, -0.05) is 6.42 Å². The molecule has 0 atom stereocenters. The molecule has 0 spiro atoms. The molecule has 0 amide bonds. The van der Waals surface area contributed by atoms with Crippen molar-refractivity contribution in [3.8, 4) is 0 Å². The van der Waals surface area contributed by atoms with Gasteiger partial charge in [-0.05, 0) is 12.8 Å². The van der Waals surface area contributed by atoms with Crippen LogP contribution in [-0.2, 0) is 28.6 Å². The summed E-state index contributed by atoms with van der Waals surface area (Å²) in [5.74, 6) is 1.19. The Morgan fingerprint density at radius 1 is 1.15 bits per heavy atom. The quantitative estimate of drug-likeness (QED) is 0.830. The fourth-order valence-electron chi connectivity index (χ4n) is 2.34. The lowest BCUT2D eigenvalue weighted by Crippen LogP contribution is -2.13. The molecule has 20 heavy (non-hydrogen) atoms. The lowest BCUT2D eigenvalue weighted by atomic mass is 10.2. The molecule has 0 bridgehead atoms. The fourth-order valence-corrected chi connectivity index (χ4v) is 3.49. The smallest absolute Gasteiger partial charge is 0.204 e. The lowest BCUT2D eigenvalue weighted by Gasteiger charge is -2.07. The Labute approximate surface area is 117 Å². The highest BCUT2D eigenvalue weighted by atomic mass is 32.2. The predicted octanol–water partition coefficient (Wildman–Crippen LogP) is 0.768. The molecule has 3 rings (SSSR count). The molecule has 1 aliphatic rings. The van der Waals surface area contributed by atoms with E-state index in [0.717, 1.165) is 38.1 Å². The molecule has 0 aromatic carbocycles. The number of sulfone groups is 1. The van der Waals surface area contributed by atoms with E-state index in [0.29, 0.717) is 5.82 Å². The first-order valence-electron chi connectivity index (χ1n) is 6.56. The summed E-state index contributed by atoms with van der Waals surface area (Å²) in [6, 6.07) is 0. The van der Waals surface area contributed by atoms with E-state index in [9.17, 15) is 8.42 Å². The van der Waals surface area contributed by atoms with Crippen molar-refractivity contribution in [3.05, 3.63) is 30.2 Å². The summed E-state index contributed by atoms with van der Waals surface area (Å²) in [6.45, 7) is 0.785. The molecule has 0 fully saturated rings. The van der Waals surface area contributed by atoms with Gasteiger partial charge in [-0.3, -0.25) is 4.98 Å². The van der Waals surface area contributed by atoms with Crippen molar-refractivity contribution >= 4 is 9.84 Å². The Morgan fingerprint density at radius 2 is 2.05 bits per heavy atom. The second-order valence-corrected chi connectivity index (χ2v) is 6.73. The summed E-state index contributed by atoms with van der Waals surface area (Å²) in [7, 11) is -3.53. The van der Waals surface area contributed by atoms with Gasteiger partial charge in [-0.15, -0.1) is 10.2 Å². The van der Waals surface area contributed by atoms with E-state index in [4.69, 9.17) is 0 Å². The highest BCUT2D eigenvalue weighted by Gasteiger charge is 2.23. The lowest BCUT2D eigenvalue weighted by molar-refractivity contribution is 0.580. The zero-order valence-corrected chi connectivity index (χ0v) is 11.8.